The van der Waals surface area contributed by atoms with E-state index in [4.69, 9.17) is 0 Å². The minimum Gasteiger partial charge on any atom is -0.387 e. The maximum absolute atomic E-state index is 13.4. The van der Waals surface area contributed by atoms with Crippen molar-refractivity contribution in [1.29, 1.82) is 0 Å². The molecule has 0 aliphatic carbocycles. The largest absolute Gasteiger partial charge is 0.433 e. The number of benzene rings is 1. The smallest absolute Gasteiger partial charge is 0.387 e. The minimum atomic E-state index is -4.61. The fourth-order valence-corrected chi connectivity index (χ4v) is 3.82. The first-order valence-electron chi connectivity index (χ1n) is 8.34. The topological polar surface area (TPSA) is 46.9 Å². The third-order valence-corrected chi connectivity index (χ3v) is 5.07. The van der Waals surface area contributed by atoms with Gasteiger partial charge in [-0.25, -0.2) is 4.98 Å². The monoisotopic (exact) mass is 401 g/mol. The highest BCUT2D eigenvalue weighted by Crippen LogP contribution is 2.35. The van der Waals surface area contributed by atoms with Crippen LogP contribution in [0.5, 0.6) is 0 Å². The Morgan fingerprint density at radius 2 is 1.82 bits per heavy atom. The molecule has 4 aromatic rings. The van der Waals surface area contributed by atoms with E-state index >= 15 is 0 Å². The van der Waals surface area contributed by atoms with Crippen LogP contribution in [0.25, 0.3) is 27.8 Å². The molecule has 0 atom stereocenters. The first-order valence-corrected chi connectivity index (χ1v) is 9.29. The summed E-state index contributed by atoms with van der Waals surface area (Å²) in [5.41, 5.74) is 0.458. The van der Waals surface area contributed by atoms with Crippen LogP contribution in [0.1, 0.15) is 5.69 Å². The zero-order valence-corrected chi connectivity index (χ0v) is 15.4. The second-order valence-corrected chi connectivity index (χ2v) is 6.83. The van der Waals surface area contributed by atoms with Crippen LogP contribution in [-0.2, 0) is 6.18 Å². The maximum Gasteiger partial charge on any atom is 0.433 e. The SMILES string of the molecule is CNc1c(-c2ccsc2)c(=O)n(-c2ccccc2)c2nc(C(F)(F)F)ccc12. The number of rotatable bonds is 3. The molecule has 3 heterocycles. The molecule has 1 N–H and O–H groups in total. The summed E-state index contributed by atoms with van der Waals surface area (Å²) in [5, 5.41) is 7.08. The summed E-state index contributed by atoms with van der Waals surface area (Å²) >= 11 is 1.43. The number of fused-ring (bicyclic) bond motifs is 1. The second kappa shape index (κ2) is 6.79. The Morgan fingerprint density at radius 1 is 1.07 bits per heavy atom. The van der Waals surface area contributed by atoms with Crippen LogP contribution < -0.4 is 10.9 Å². The predicted octanol–water partition coefficient (Wildman–Crippen LogP) is 5.17. The van der Waals surface area contributed by atoms with Gasteiger partial charge in [0.2, 0.25) is 0 Å². The van der Waals surface area contributed by atoms with Crippen LogP contribution >= 0.6 is 11.3 Å². The van der Waals surface area contributed by atoms with E-state index in [1.54, 1.807) is 43.4 Å². The van der Waals surface area contributed by atoms with Crippen molar-refractivity contribution in [3.8, 4) is 16.8 Å². The number of anilines is 1. The molecule has 142 valence electrons. The number of halogens is 3. The lowest BCUT2D eigenvalue weighted by Crippen LogP contribution is -2.24. The summed E-state index contributed by atoms with van der Waals surface area (Å²) in [7, 11) is 1.63. The number of hydrogen-bond donors (Lipinski definition) is 1. The quantitative estimate of drug-likeness (QED) is 0.515. The van der Waals surface area contributed by atoms with Crippen LogP contribution in [0.15, 0.2) is 64.1 Å². The van der Waals surface area contributed by atoms with E-state index in [9.17, 15) is 18.0 Å². The molecule has 0 unspecified atom stereocenters. The third kappa shape index (κ3) is 2.95. The van der Waals surface area contributed by atoms with Gasteiger partial charge in [-0.3, -0.25) is 9.36 Å². The molecular weight excluding hydrogens is 387 g/mol. The van der Waals surface area contributed by atoms with E-state index in [0.29, 0.717) is 27.9 Å². The van der Waals surface area contributed by atoms with Crippen LogP contribution in [0, 0.1) is 0 Å². The van der Waals surface area contributed by atoms with Crippen molar-refractivity contribution < 1.29 is 13.2 Å². The third-order valence-electron chi connectivity index (χ3n) is 4.39. The molecule has 0 aliphatic rings. The number of para-hydroxylation sites is 1. The number of pyridine rings is 2. The number of aromatic nitrogens is 2. The van der Waals surface area contributed by atoms with Gasteiger partial charge < -0.3 is 5.32 Å². The van der Waals surface area contributed by atoms with Gasteiger partial charge in [0.05, 0.1) is 16.9 Å². The normalized spacial score (nSPS) is 11.7. The minimum absolute atomic E-state index is 0.0469. The molecule has 0 aliphatic heterocycles. The average Bonchev–Trinajstić information content (AvgIpc) is 3.20. The first-order chi connectivity index (χ1) is 13.4. The summed E-state index contributed by atoms with van der Waals surface area (Å²) in [6.07, 6.45) is -4.61. The van der Waals surface area contributed by atoms with Crippen LogP contribution in [0.3, 0.4) is 0 Å². The van der Waals surface area contributed by atoms with Crippen molar-refractivity contribution in [2.75, 3.05) is 12.4 Å². The highest BCUT2D eigenvalue weighted by molar-refractivity contribution is 7.08. The highest BCUT2D eigenvalue weighted by atomic mass is 32.1. The Labute approximate surface area is 161 Å². The molecule has 0 spiro atoms. The van der Waals surface area contributed by atoms with E-state index in [-0.39, 0.29) is 5.65 Å². The summed E-state index contributed by atoms with van der Waals surface area (Å²) in [6, 6.07) is 12.6. The number of alkyl halides is 3. The number of hydrogen-bond acceptors (Lipinski definition) is 4. The number of nitrogens with zero attached hydrogens (tertiary/aromatic N) is 2. The zero-order chi connectivity index (χ0) is 19.9. The fraction of sp³-hybridized carbons (Fsp3) is 0.100. The summed E-state index contributed by atoms with van der Waals surface area (Å²) in [5.74, 6) is 0. The molecule has 0 amide bonds. The fourth-order valence-electron chi connectivity index (χ4n) is 3.17. The Kier molecular flexibility index (Phi) is 4.43. The van der Waals surface area contributed by atoms with Crippen molar-refractivity contribution in [3.05, 3.63) is 75.3 Å². The molecule has 0 fully saturated rings. The molecule has 8 heteroatoms. The molecule has 0 bridgehead atoms. The molecule has 0 radical (unpaired) electrons. The van der Waals surface area contributed by atoms with Crippen molar-refractivity contribution in [2.45, 2.75) is 6.18 Å². The average molecular weight is 401 g/mol. The maximum atomic E-state index is 13.4. The Balaban J connectivity index is 2.20. The van der Waals surface area contributed by atoms with Gasteiger partial charge in [0.15, 0.2) is 0 Å². The zero-order valence-electron chi connectivity index (χ0n) is 14.6. The van der Waals surface area contributed by atoms with Crippen molar-refractivity contribution in [1.82, 2.24) is 9.55 Å². The molecule has 3 aromatic heterocycles. The molecule has 28 heavy (non-hydrogen) atoms. The Bertz CT molecular complexity index is 1200. The van der Waals surface area contributed by atoms with Crippen molar-refractivity contribution in [3.63, 3.8) is 0 Å². The van der Waals surface area contributed by atoms with E-state index in [1.165, 1.54) is 22.0 Å². The summed E-state index contributed by atoms with van der Waals surface area (Å²) < 4.78 is 41.0. The van der Waals surface area contributed by atoms with Gasteiger partial charge in [-0.15, -0.1) is 0 Å². The highest BCUT2D eigenvalue weighted by Gasteiger charge is 2.33. The van der Waals surface area contributed by atoms with Crippen molar-refractivity contribution in [2.24, 2.45) is 0 Å². The van der Waals surface area contributed by atoms with Gasteiger partial charge >= 0.3 is 6.18 Å². The Hall–Kier alpha value is -3.13. The standard InChI is InChI=1S/C20H14F3N3OS/c1-24-17-14-7-8-15(20(21,22)23)25-18(14)26(13-5-3-2-4-6-13)19(27)16(17)12-9-10-28-11-12/h2-11,24H,1H3. The molecule has 0 saturated carbocycles. The van der Waals surface area contributed by atoms with E-state index in [0.717, 1.165) is 6.07 Å². The van der Waals surface area contributed by atoms with E-state index < -0.39 is 17.4 Å². The molecule has 0 saturated heterocycles. The van der Waals surface area contributed by atoms with Crippen molar-refractivity contribution >= 4 is 28.1 Å². The van der Waals surface area contributed by atoms with Gasteiger partial charge in [-0.2, -0.15) is 24.5 Å². The first kappa shape index (κ1) is 18.2. The lowest BCUT2D eigenvalue weighted by atomic mass is 10.0. The lowest BCUT2D eigenvalue weighted by Gasteiger charge is -2.18. The lowest BCUT2D eigenvalue weighted by molar-refractivity contribution is -0.141. The van der Waals surface area contributed by atoms with Crippen LogP contribution in [-0.4, -0.2) is 16.6 Å². The van der Waals surface area contributed by atoms with E-state index in [2.05, 4.69) is 10.3 Å². The van der Waals surface area contributed by atoms with Crippen LogP contribution in [0.4, 0.5) is 18.9 Å². The Morgan fingerprint density at radius 3 is 2.43 bits per heavy atom. The molecular formula is C20H14F3N3OS. The number of thiophene rings is 1. The van der Waals surface area contributed by atoms with Gasteiger partial charge in [-0.05, 0) is 41.1 Å². The van der Waals surface area contributed by atoms with Gasteiger partial charge in [-0.1, -0.05) is 18.2 Å². The van der Waals surface area contributed by atoms with Gasteiger partial charge in [0.1, 0.15) is 11.3 Å². The van der Waals surface area contributed by atoms with E-state index in [1.807, 2.05) is 10.8 Å². The molecule has 4 rings (SSSR count). The molecule has 4 nitrogen and oxygen atoms in total. The molecule has 1 aromatic carbocycles. The second-order valence-electron chi connectivity index (χ2n) is 6.05. The van der Waals surface area contributed by atoms with Gasteiger partial charge in [0.25, 0.3) is 5.56 Å². The summed E-state index contributed by atoms with van der Waals surface area (Å²) in [6.45, 7) is 0. The van der Waals surface area contributed by atoms with Crippen LogP contribution in [0.2, 0.25) is 0 Å². The predicted molar refractivity (Wildman–Crippen MR) is 105 cm³/mol. The number of nitrogens with one attached hydrogen (secondary N) is 1. The van der Waals surface area contributed by atoms with Gasteiger partial charge in [0, 0.05) is 18.0 Å². The summed E-state index contributed by atoms with van der Waals surface area (Å²) in [4.78, 5) is 17.2.